The molecule has 2 nitrogen and oxygen atoms in total. The molecule has 0 unspecified atom stereocenters. The van der Waals surface area contributed by atoms with Crippen LogP contribution in [0.3, 0.4) is 0 Å². The number of aryl methyl sites for hydroxylation is 1. The summed E-state index contributed by atoms with van der Waals surface area (Å²) in [4.78, 5) is 0. The molecular weight excluding hydrogens is 176 g/mol. The Hall–Kier alpha value is -0.860. The second-order valence-electron chi connectivity index (χ2n) is 3.68. The van der Waals surface area contributed by atoms with Crippen LogP contribution in [-0.2, 0) is 24.2 Å². The molecule has 1 aliphatic rings. The zero-order valence-electron chi connectivity index (χ0n) is 8.33. The van der Waals surface area contributed by atoms with E-state index >= 15 is 0 Å². The highest BCUT2D eigenvalue weighted by atomic mass is 16.5. The second-order valence-corrected chi connectivity index (χ2v) is 3.68. The molecule has 0 atom stereocenters. The van der Waals surface area contributed by atoms with Crippen LogP contribution in [0, 0.1) is 0 Å². The number of ether oxygens (including phenoxy) is 1. The van der Waals surface area contributed by atoms with Gasteiger partial charge in [0.05, 0.1) is 13.2 Å². The van der Waals surface area contributed by atoms with Crippen LogP contribution in [0.5, 0.6) is 0 Å². The number of benzene rings is 1. The first-order valence-corrected chi connectivity index (χ1v) is 5.20. The quantitative estimate of drug-likeness (QED) is 0.789. The molecule has 0 fully saturated rings. The molecule has 0 aromatic heterocycles. The molecular formula is C12H16O2. The highest BCUT2D eigenvalue weighted by Gasteiger charge is 2.12. The summed E-state index contributed by atoms with van der Waals surface area (Å²) in [5.74, 6) is 0. The van der Waals surface area contributed by atoms with E-state index in [1.807, 2.05) is 0 Å². The van der Waals surface area contributed by atoms with Crippen molar-refractivity contribution >= 4 is 0 Å². The molecule has 0 spiro atoms. The molecule has 76 valence electrons. The third-order valence-electron chi connectivity index (χ3n) is 2.73. The van der Waals surface area contributed by atoms with Crippen LogP contribution in [0.1, 0.15) is 23.1 Å². The molecule has 1 N–H and O–H groups in total. The van der Waals surface area contributed by atoms with Gasteiger partial charge in [0.2, 0.25) is 0 Å². The van der Waals surface area contributed by atoms with Gasteiger partial charge in [0, 0.05) is 6.61 Å². The summed E-state index contributed by atoms with van der Waals surface area (Å²) < 4.78 is 5.41. The Kier molecular flexibility index (Phi) is 3.17. The van der Waals surface area contributed by atoms with Gasteiger partial charge >= 0.3 is 0 Å². The molecule has 1 aliphatic heterocycles. The van der Waals surface area contributed by atoms with Crippen LogP contribution in [0.4, 0.5) is 0 Å². The number of hydrogen-bond donors (Lipinski definition) is 1. The molecule has 0 bridgehead atoms. The van der Waals surface area contributed by atoms with Crippen molar-refractivity contribution in [3.8, 4) is 0 Å². The van der Waals surface area contributed by atoms with Crippen molar-refractivity contribution in [1.29, 1.82) is 0 Å². The lowest BCUT2D eigenvalue weighted by Gasteiger charge is -2.19. The smallest absolute Gasteiger partial charge is 0.0719 e. The predicted octanol–water partition coefficient (Wildman–Crippen LogP) is 1.68. The number of fused-ring (bicyclic) bond motifs is 1. The Labute approximate surface area is 84.5 Å². The van der Waals surface area contributed by atoms with Crippen LogP contribution >= 0.6 is 0 Å². The van der Waals surface area contributed by atoms with Gasteiger partial charge in [-0.2, -0.15) is 0 Å². The molecule has 0 amide bonds. The summed E-state index contributed by atoms with van der Waals surface area (Å²) in [5.41, 5.74) is 4.17. The number of hydrogen-bond acceptors (Lipinski definition) is 2. The number of aliphatic hydroxyl groups is 1. The van der Waals surface area contributed by atoms with E-state index in [1.54, 1.807) is 0 Å². The molecule has 2 heteroatoms. The Balaban J connectivity index is 2.21. The lowest BCUT2D eigenvalue weighted by molar-refractivity contribution is 0.110. The molecule has 1 heterocycles. The van der Waals surface area contributed by atoms with E-state index in [9.17, 15) is 0 Å². The van der Waals surface area contributed by atoms with Gasteiger partial charge in [0.1, 0.15) is 0 Å². The lowest BCUT2D eigenvalue weighted by Crippen LogP contribution is -2.12. The summed E-state index contributed by atoms with van der Waals surface area (Å²) in [7, 11) is 0. The van der Waals surface area contributed by atoms with E-state index in [0.717, 1.165) is 32.5 Å². The van der Waals surface area contributed by atoms with Crippen molar-refractivity contribution in [1.82, 2.24) is 0 Å². The van der Waals surface area contributed by atoms with Crippen molar-refractivity contribution in [3.63, 3.8) is 0 Å². The molecule has 0 aliphatic carbocycles. The molecule has 0 saturated carbocycles. The largest absolute Gasteiger partial charge is 0.396 e. The Morgan fingerprint density at radius 2 is 2.29 bits per heavy atom. The van der Waals surface area contributed by atoms with Crippen molar-refractivity contribution in [2.45, 2.75) is 25.9 Å². The Bertz CT molecular complexity index is 307. The minimum Gasteiger partial charge on any atom is -0.396 e. The fraction of sp³-hybridized carbons (Fsp3) is 0.500. The van der Waals surface area contributed by atoms with Crippen molar-refractivity contribution in [2.75, 3.05) is 13.2 Å². The highest BCUT2D eigenvalue weighted by Crippen LogP contribution is 2.21. The summed E-state index contributed by atoms with van der Waals surface area (Å²) in [5, 5.41) is 8.81. The number of aliphatic hydroxyl groups excluding tert-OH is 1. The molecule has 0 saturated heterocycles. The first kappa shape index (κ1) is 9.69. The van der Waals surface area contributed by atoms with Crippen molar-refractivity contribution in [3.05, 3.63) is 34.9 Å². The normalized spacial score (nSPS) is 15.2. The van der Waals surface area contributed by atoms with Crippen LogP contribution in [0.2, 0.25) is 0 Å². The second kappa shape index (κ2) is 4.58. The maximum absolute atomic E-state index is 8.81. The predicted molar refractivity (Wildman–Crippen MR) is 55.2 cm³/mol. The Morgan fingerprint density at radius 1 is 1.36 bits per heavy atom. The van der Waals surface area contributed by atoms with Crippen LogP contribution in [0.15, 0.2) is 18.2 Å². The maximum atomic E-state index is 8.81. The van der Waals surface area contributed by atoms with Gasteiger partial charge in [0.15, 0.2) is 0 Å². The molecule has 1 aromatic rings. The molecule has 14 heavy (non-hydrogen) atoms. The summed E-state index contributed by atoms with van der Waals surface area (Å²) in [6, 6.07) is 6.39. The van der Waals surface area contributed by atoms with Crippen LogP contribution < -0.4 is 0 Å². The van der Waals surface area contributed by atoms with Gasteiger partial charge in [0.25, 0.3) is 0 Å². The summed E-state index contributed by atoms with van der Waals surface area (Å²) in [6.45, 7) is 1.87. The van der Waals surface area contributed by atoms with E-state index < -0.39 is 0 Å². The van der Waals surface area contributed by atoms with E-state index in [4.69, 9.17) is 9.84 Å². The van der Waals surface area contributed by atoms with Gasteiger partial charge in [-0.1, -0.05) is 18.2 Å². The highest BCUT2D eigenvalue weighted by molar-refractivity contribution is 5.36. The molecule has 2 rings (SSSR count). The SMILES string of the molecule is OCCCc1cccc2c1CCOC2. The minimum atomic E-state index is 0.278. The van der Waals surface area contributed by atoms with Crippen LogP contribution in [-0.4, -0.2) is 18.3 Å². The van der Waals surface area contributed by atoms with Crippen molar-refractivity contribution in [2.24, 2.45) is 0 Å². The summed E-state index contributed by atoms with van der Waals surface area (Å²) >= 11 is 0. The van der Waals surface area contributed by atoms with E-state index in [0.29, 0.717) is 0 Å². The number of rotatable bonds is 3. The van der Waals surface area contributed by atoms with E-state index in [-0.39, 0.29) is 6.61 Å². The van der Waals surface area contributed by atoms with Gasteiger partial charge in [-0.25, -0.2) is 0 Å². The first-order chi connectivity index (χ1) is 6.92. The van der Waals surface area contributed by atoms with Gasteiger partial charge in [-0.15, -0.1) is 0 Å². The topological polar surface area (TPSA) is 29.5 Å². The third-order valence-corrected chi connectivity index (χ3v) is 2.73. The zero-order valence-corrected chi connectivity index (χ0v) is 8.33. The lowest BCUT2D eigenvalue weighted by atomic mass is 9.95. The monoisotopic (exact) mass is 192 g/mol. The minimum absolute atomic E-state index is 0.278. The first-order valence-electron chi connectivity index (χ1n) is 5.20. The summed E-state index contributed by atoms with van der Waals surface area (Å²) in [6.07, 6.45) is 2.87. The average molecular weight is 192 g/mol. The van der Waals surface area contributed by atoms with Crippen LogP contribution in [0.25, 0.3) is 0 Å². The van der Waals surface area contributed by atoms with Gasteiger partial charge < -0.3 is 9.84 Å². The maximum Gasteiger partial charge on any atom is 0.0719 e. The fourth-order valence-electron chi connectivity index (χ4n) is 2.00. The Morgan fingerprint density at radius 3 is 3.14 bits per heavy atom. The third kappa shape index (κ3) is 1.97. The average Bonchev–Trinajstić information content (AvgIpc) is 2.26. The zero-order chi connectivity index (χ0) is 9.80. The van der Waals surface area contributed by atoms with E-state index in [2.05, 4.69) is 18.2 Å². The van der Waals surface area contributed by atoms with Gasteiger partial charge in [-0.05, 0) is 36.0 Å². The molecule has 0 radical (unpaired) electrons. The molecule has 1 aromatic carbocycles. The van der Waals surface area contributed by atoms with E-state index in [1.165, 1.54) is 16.7 Å². The standard InChI is InChI=1S/C12H16O2/c13-7-2-5-10-3-1-4-11-9-14-8-6-12(10)11/h1,3-4,13H,2,5-9H2. The van der Waals surface area contributed by atoms with Gasteiger partial charge in [-0.3, -0.25) is 0 Å². The fourth-order valence-corrected chi connectivity index (χ4v) is 2.00. The van der Waals surface area contributed by atoms with Crippen molar-refractivity contribution < 1.29 is 9.84 Å².